The summed E-state index contributed by atoms with van der Waals surface area (Å²) in [5, 5.41) is 9.06. The lowest BCUT2D eigenvalue weighted by molar-refractivity contribution is -0.137. The van der Waals surface area contributed by atoms with Crippen LogP contribution in [0.25, 0.3) is 0 Å². The summed E-state index contributed by atoms with van der Waals surface area (Å²) in [6, 6.07) is 4.72. The predicted molar refractivity (Wildman–Crippen MR) is 126 cm³/mol. The Hall–Kier alpha value is -2.94. The Labute approximate surface area is 199 Å². The highest BCUT2D eigenvalue weighted by atomic mass is 19.1. The van der Waals surface area contributed by atoms with Gasteiger partial charge in [-0.05, 0) is 43.2 Å². The van der Waals surface area contributed by atoms with Gasteiger partial charge in [-0.15, -0.1) is 0 Å². The lowest BCUT2D eigenvalue weighted by Gasteiger charge is -2.38. The topological polar surface area (TPSA) is 88.0 Å². The minimum atomic E-state index is -0.418. The van der Waals surface area contributed by atoms with Crippen molar-refractivity contribution in [2.24, 2.45) is 11.8 Å². The quantitative estimate of drug-likeness (QED) is 0.532. The third kappa shape index (κ3) is 6.14. The summed E-state index contributed by atoms with van der Waals surface area (Å²) in [5.74, 6) is 2.15. The Morgan fingerprint density at radius 3 is 2.53 bits per heavy atom. The molecule has 1 aromatic carbocycles. The fourth-order valence-electron chi connectivity index (χ4n) is 4.49. The number of halogens is 1. The van der Waals surface area contributed by atoms with Crippen LogP contribution >= 0.6 is 0 Å². The number of aliphatic hydroxyl groups excluding tert-OH is 1. The maximum atomic E-state index is 14.4. The molecule has 2 aromatic rings. The van der Waals surface area contributed by atoms with E-state index in [1.54, 1.807) is 36.5 Å². The molecule has 2 saturated heterocycles. The molecule has 9 heteroatoms. The van der Waals surface area contributed by atoms with Gasteiger partial charge in [0, 0.05) is 44.8 Å². The van der Waals surface area contributed by atoms with Gasteiger partial charge in [-0.25, -0.2) is 14.4 Å². The zero-order chi connectivity index (χ0) is 23.9. The van der Waals surface area contributed by atoms with Crippen molar-refractivity contribution in [1.82, 2.24) is 14.9 Å². The monoisotopic (exact) mass is 472 g/mol. The number of aliphatic hydroxyl groups is 1. The SMILES string of the molecule is COc1cnc(N2CCC(CCCOc3ccc(CC(=O)N4CC(CO)C4)c(F)c3)CC2)nc1. The molecular weight excluding hydrogens is 439 g/mol. The molecule has 1 N–H and O–H groups in total. The van der Waals surface area contributed by atoms with Gasteiger partial charge < -0.3 is 24.4 Å². The smallest absolute Gasteiger partial charge is 0.227 e. The Morgan fingerprint density at radius 2 is 1.88 bits per heavy atom. The maximum absolute atomic E-state index is 14.4. The van der Waals surface area contributed by atoms with Gasteiger partial charge in [0.25, 0.3) is 0 Å². The van der Waals surface area contributed by atoms with E-state index in [2.05, 4.69) is 14.9 Å². The minimum Gasteiger partial charge on any atom is -0.494 e. The average Bonchev–Trinajstić information content (AvgIpc) is 2.83. The molecule has 1 aromatic heterocycles. The number of carbonyl (C=O) groups excluding carboxylic acids is 1. The van der Waals surface area contributed by atoms with Gasteiger partial charge in [0.05, 0.1) is 32.5 Å². The Balaban J connectivity index is 1.14. The van der Waals surface area contributed by atoms with Crippen LogP contribution in [0.3, 0.4) is 0 Å². The number of carbonyl (C=O) groups is 1. The number of likely N-dealkylation sites (tertiary alicyclic amines) is 1. The summed E-state index contributed by atoms with van der Waals surface area (Å²) < 4.78 is 25.3. The highest BCUT2D eigenvalue weighted by Crippen LogP contribution is 2.25. The lowest BCUT2D eigenvalue weighted by atomic mass is 9.92. The first-order chi connectivity index (χ1) is 16.6. The minimum absolute atomic E-state index is 0.0323. The van der Waals surface area contributed by atoms with Gasteiger partial charge in [0.15, 0.2) is 5.75 Å². The number of methoxy groups -OCH3 is 1. The molecule has 0 spiro atoms. The van der Waals surface area contributed by atoms with Crippen molar-refractivity contribution in [3.05, 3.63) is 42.0 Å². The van der Waals surface area contributed by atoms with E-state index in [4.69, 9.17) is 14.6 Å². The maximum Gasteiger partial charge on any atom is 0.227 e. The number of rotatable bonds is 10. The van der Waals surface area contributed by atoms with E-state index in [0.29, 0.717) is 42.7 Å². The number of benzene rings is 1. The van der Waals surface area contributed by atoms with Crippen LogP contribution in [0.5, 0.6) is 11.5 Å². The molecular formula is C25H33FN4O4. The second-order valence-corrected chi connectivity index (χ2v) is 9.12. The average molecular weight is 473 g/mol. The largest absolute Gasteiger partial charge is 0.494 e. The highest BCUT2D eigenvalue weighted by Gasteiger charge is 2.30. The van der Waals surface area contributed by atoms with Crippen molar-refractivity contribution in [2.75, 3.05) is 51.4 Å². The molecule has 0 atom stereocenters. The third-order valence-electron chi connectivity index (χ3n) is 6.71. The second-order valence-electron chi connectivity index (χ2n) is 9.12. The van der Waals surface area contributed by atoms with E-state index in [-0.39, 0.29) is 24.9 Å². The first kappa shape index (κ1) is 24.2. The number of nitrogens with zero attached hydrogens (tertiary/aromatic N) is 4. The summed E-state index contributed by atoms with van der Waals surface area (Å²) >= 11 is 0. The van der Waals surface area contributed by atoms with Crippen LogP contribution in [0.2, 0.25) is 0 Å². The van der Waals surface area contributed by atoms with Crippen molar-refractivity contribution in [3.8, 4) is 11.5 Å². The molecule has 2 aliphatic rings. The number of aromatic nitrogens is 2. The summed E-state index contributed by atoms with van der Waals surface area (Å²) in [6.45, 7) is 3.58. The Bertz CT molecular complexity index is 944. The van der Waals surface area contributed by atoms with E-state index in [9.17, 15) is 9.18 Å². The van der Waals surface area contributed by atoms with Crippen molar-refractivity contribution < 1.29 is 23.8 Å². The molecule has 2 fully saturated rings. The van der Waals surface area contributed by atoms with E-state index in [1.807, 2.05) is 0 Å². The molecule has 0 radical (unpaired) electrons. The molecule has 3 heterocycles. The fraction of sp³-hybridized carbons (Fsp3) is 0.560. The van der Waals surface area contributed by atoms with E-state index in [0.717, 1.165) is 44.7 Å². The molecule has 1 amide bonds. The van der Waals surface area contributed by atoms with Crippen LogP contribution in [-0.2, 0) is 11.2 Å². The van der Waals surface area contributed by atoms with E-state index < -0.39 is 5.82 Å². The lowest BCUT2D eigenvalue weighted by Crippen LogP contribution is -2.51. The molecule has 0 aliphatic carbocycles. The van der Waals surface area contributed by atoms with Gasteiger partial charge in [-0.1, -0.05) is 6.07 Å². The van der Waals surface area contributed by atoms with Gasteiger partial charge in [0.2, 0.25) is 11.9 Å². The van der Waals surface area contributed by atoms with Crippen molar-refractivity contribution >= 4 is 11.9 Å². The Morgan fingerprint density at radius 1 is 1.15 bits per heavy atom. The molecule has 0 unspecified atom stereocenters. The van der Waals surface area contributed by atoms with Crippen LogP contribution < -0.4 is 14.4 Å². The summed E-state index contributed by atoms with van der Waals surface area (Å²) in [5.41, 5.74) is 0.373. The van der Waals surface area contributed by atoms with Crippen molar-refractivity contribution in [2.45, 2.75) is 32.1 Å². The predicted octanol–water partition coefficient (Wildman–Crippen LogP) is 2.69. The number of anilines is 1. The molecule has 0 bridgehead atoms. The molecule has 184 valence electrons. The summed E-state index contributed by atoms with van der Waals surface area (Å²) in [4.78, 5) is 24.8. The standard InChI is InChI=1S/C25H33FN4O4/c1-33-22-13-27-25(28-14-22)29-8-6-18(7-9-29)3-2-10-34-21-5-4-20(23(26)12-21)11-24(32)30-15-19(16-30)17-31/h4-5,12-14,18-19,31H,2-3,6-11,15-17H2,1H3. The van der Waals surface area contributed by atoms with Crippen LogP contribution in [-0.4, -0.2) is 72.4 Å². The summed E-state index contributed by atoms with van der Waals surface area (Å²) in [7, 11) is 1.60. The number of hydrogen-bond donors (Lipinski definition) is 1. The third-order valence-corrected chi connectivity index (χ3v) is 6.71. The molecule has 2 aliphatic heterocycles. The van der Waals surface area contributed by atoms with Gasteiger partial charge in [-0.3, -0.25) is 4.79 Å². The van der Waals surface area contributed by atoms with Gasteiger partial charge in [0.1, 0.15) is 11.6 Å². The number of amides is 1. The van der Waals surface area contributed by atoms with E-state index in [1.165, 1.54) is 6.07 Å². The highest BCUT2D eigenvalue weighted by molar-refractivity contribution is 5.79. The molecule has 0 saturated carbocycles. The van der Waals surface area contributed by atoms with Crippen molar-refractivity contribution in [1.29, 1.82) is 0 Å². The number of hydrogen-bond acceptors (Lipinski definition) is 7. The molecule has 34 heavy (non-hydrogen) atoms. The van der Waals surface area contributed by atoms with Crippen LogP contribution in [0.1, 0.15) is 31.2 Å². The fourth-order valence-corrected chi connectivity index (χ4v) is 4.49. The first-order valence-electron chi connectivity index (χ1n) is 12.0. The zero-order valence-electron chi connectivity index (χ0n) is 19.7. The van der Waals surface area contributed by atoms with E-state index >= 15 is 0 Å². The van der Waals surface area contributed by atoms with Crippen molar-refractivity contribution in [3.63, 3.8) is 0 Å². The van der Waals surface area contributed by atoms with Crippen LogP contribution in [0, 0.1) is 17.7 Å². The van der Waals surface area contributed by atoms with Crippen LogP contribution in [0.4, 0.5) is 10.3 Å². The number of piperidine rings is 1. The second kappa shape index (κ2) is 11.5. The molecule has 4 rings (SSSR count). The first-order valence-corrected chi connectivity index (χ1v) is 12.0. The summed E-state index contributed by atoms with van der Waals surface area (Å²) in [6.07, 6.45) is 7.57. The Kier molecular flexibility index (Phi) is 8.16. The van der Waals surface area contributed by atoms with Crippen LogP contribution in [0.15, 0.2) is 30.6 Å². The molecule has 8 nitrogen and oxygen atoms in total. The zero-order valence-corrected chi connectivity index (χ0v) is 19.7. The van der Waals surface area contributed by atoms with Gasteiger partial charge in [-0.2, -0.15) is 0 Å². The normalized spacial score (nSPS) is 16.9. The van der Waals surface area contributed by atoms with Gasteiger partial charge >= 0.3 is 0 Å². The number of ether oxygens (including phenoxy) is 2.